The van der Waals surface area contributed by atoms with Gasteiger partial charge in [-0.05, 0) is 0 Å². The quantitative estimate of drug-likeness (QED) is 0.465. The Morgan fingerprint density at radius 1 is 0.750 bits per heavy atom. The van der Waals surface area contributed by atoms with E-state index in [1.165, 1.54) is 19.2 Å². The first kappa shape index (κ1) is 8.49. The van der Waals surface area contributed by atoms with Gasteiger partial charge in [0.1, 0.15) is 0 Å². The number of benzene rings is 2. The third-order valence-corrected chi connectivity index (χ3v) is 2.32. The molecule has 0 unspecified atom stereocenters. The van der Waals surface area contributed by atoms with Crippen molar-refractivity contribution in [2.75, 3.05) is 0 Å². The van der Waals surface area contributed by atoms with Crippen LogP contribution in [0.15, 0.2) is 36.4 Å². The molecule has 48 valence electrons. The Labute approximate surface area is 90.8 Å². The van der Waals surface area contributed by atoms with Crippen LogP contribution in [-0.2, 0) is 0 Å². The van der Waals surface area contributed by atoms with E-state index >= 15 is 0 Å². The van der Waals surface area contributed by atoms with Crippen LogP contribution in [0.2, 0.25) is 0 Å². The van der Waals surface area contributed by atoms with Gasteiger partial charge in [0.15, 0.2) is 0 Å². The molecule has 0 aliphatic heterocycles. The van der Waals surface area contributed by atoms with Crippen molar-refractivity contribution in [3.8, 4) is 0 Å². The molecule has 0 saturated carbocycles. The van der Waals surface area contributed by atoms with Gasteiger partial charge in [0.2, 0.25) is 0 Å². The van der Waals surface area contributed by atoms with Crippen molar-refractivity contribution >= 4 is 54.7 Å². The van der Waals surface area contributed by atoms with E-state index in [9.17, 15) is 0 Å². The zero-order chi connectivity index (χ0) is 8.55. The zero-order valence-electron chi connectivity index (χ0n) is 7.46. The molecule has 0 atom stereocenters. The molecule has 2 heteroatoms. The Kier molecular flexibility index (Phi) is 2.36. The molecule has 2 aromatic carbocycles. The molecule has 0 saturated heterocycles. The third kappa shape index (κ3) is 1.37. The fourth-order valence-corrected chi connectivity index (χ4v) is 1.75. The molecule has 0 spiro atoms. The van der Waals surface area contributed by atoms with Crippen LogP contribution in [0, 0.1) is 0 Å². The average molecular weight is 140 g/mol. The van der Waals surface area contributed by atoms with Crippen molar-refractivity contribution in [1.29, 1.82) is 0 Å². The predicted octanol–water partition coefficient (Wildman–Crippen LogP) is 0.427. The van der Waals surface area contributed by atoms with Gasteiger partial charge in [-0.1, -0.05) is 0 Å². The van der Waals surface area contributed by atoms with Crippen LogP contribution >= 0.6 is 0 Å². The van der Waals surface area contributed by atoms with Gasteiger partial charge in [0.25, 0.3) is 0 Å². The van der Waals surface area contributed by atoms with Crippen LogP contribution in [0.5, 0.6) is 0 Å². The van der Waals surface area contributed by atoms with Crippen molar-refractivity contribution in [2.24, 2.45) is 0 Å². The second-order valence-electron chi connectivity index (χ2n) is 3.25. The molecule has 0 radical (unpaired) electrons. The molecule has 0 amide bonds. The van der Waals surface area contributed by atoms with Gasteiger partial charge in [-0.25, -0.2) is 0 Å². The first-order valence-electron chi connectivity index (χ1n) is 4.24. The van der Waals surface area contributed by atoms with Crippen LogP contribution in [0.3, 0.4) is 0 Å². The summed E-state index contributed by atoms with van der Waals surface area (Å²) >= 11 is 4.32. The molecule has 0 N–H and O–H groups in total. The summed E-state index contributed by atoms with van der Waals surface area (Å²) in [6.45, 7) is 0. The van der Waals surface area contributed by atoms with E-state index in [0.717, 1.165) is 0 Å². The summed E-state index contributed by atoms with van der Waals surface area (Å²) in [7, 11) is 0. The second-order valence-corrected chi connectivity index (χ2v) is 3.25. The van der Waals surface area contributed by atoms with Gasteiger partial charge >= 0.3 is 91.1 Å². The van der Waals surface area contributed by atoms with Crippen molar-refractivity contribution in [3.05, 3.63) is 36.4 Å². The maximum absolute atomic E-state index is 2.16. The molecule has 0 aliphatic carbocycles. The average Bonchev–Trinajstić information content (AvgIpc) is 2.04. The third-order valence-electron chi connectivity index (χ3n) is 2.32. The molecule has 12 heavy (non-hydrogen) atoms. The van der Waals surface area contributed by atoms with Gasteiger partial charge in [-0.3, -0.25) is 0 Å². The standard InChI is InChI=1S/C10H6.2Li/c1-2-6-10-8-4-3-7-9(10)5-1;;/h1-5,7H;;. The molecule has 2 rings (SSSR count). The van der Waals surface area contributed by atoms with Crippen molar-refractivity contribution < 1.29 is 0 Å². The summed E-state index contributed by atoms with van der Waals surface area (Å²) in [5.74, 6) is 0. The molecule has 0 heterocycles. The number of fused-ring (bicyclic) bond motifs is 1. The summed E-state index contributed by atoms with van der Waals surface area (Å²) in [5.41, 5.74) is 0. The van der Waals surface area contributed by atoms with E-state index in [1.807, 2.05) is 0 Å². The van der Waals surface area contributed by atoms with E-state index in [-0.39, 0.29) is 0 Å². The molecule has 0 fully saturated rings. The van der Waals surface area contributed by atoms with Crippen LogP contribution in [-0.4, -0.2) is 35.4 Å². The van der Waals surface area contributed by atoms with E-state index in [4.69, 9.17) is 0 Å². The normalized spacial score (nSPS) is 10.7. The van der Waals surface area contributed by atoms with Crippen molar-refractivity contribution in [1.82, 2.24) is 0 Å². The topological polar surface area (TPSA) is 0 Å². The molecular formula is C10H6Li2. The summed E-state index contributed by atoms with van der Waals surface area (Å²) in [6.07, 6.45) is 0. The zero-order valence-corrected chi connectivity index (χ0v) is 7.46. The molecule has 0 aliphatic rings. The summed E-state index contributed by atoms with van der Waals surface area (Å²) in [5, 5.41) is 2.75. The van der Waals surface area contributed by atoms with Crippen LogP contribution in [0.1, 0.15) is 0 Å². The fraction of sp³-hybridized carbons (Fsp3) is 0. The molecular weight excluding hydrogens is 134 g/mol. The Morgan fingerprint density at radius 2 is 1.25 bits per heavy atom. The minimum absolute atomic E-state index is 1.34. The molecule has 0 bridgehead atoms. The van der Waals surface area contributed by atoms with Crippen LogP contribution in [0.4, 0.5) is 0 Å². The van der Waals surface area contributed by atoms with E-state index < -0.39 is 0 Å². The predicted molar refractivity (Wildman–Crippen MR) is 54.7 cm³/mol. The number of hydrogen-bond acceptors (Lipinski definition) is 0. The van der Waals surface area contributed by atoms with Gasteiger partial charge < -0.3 is 0 Å². The van der Waals surface area contributed by atoms with Crippen LogP contribution < -0.4 is 8.47 Å². The Hall–Kier alpha value is -0.105. The van der Waals surface area contributed by atoms with Crippen molar-refractivity contribution in [2.45, 2.75) is 0 Å². The number of rotatable bonds is 0. The number of hydrogen-bond donors (Lipinski definition) is 0. The molecule has 2 aromatic rings. The second kappa shape index (κ2) is 3.33. The first-order chi connectivity index (χ1) is 5.79. The van der Waals surface area contributed by atoms with Gasteiger partial charge in [0.05, 0.1) is 0 Å². The SMILES string of the molecule is [Li][c]1cccc2ccc[c]([Li])c12. The van der Waals surface area contributed by atoms with E-state index in [0.29, 0.717) is 0 Å². The van der Waals surface area contributed by atoms with Gasteiger partial charge in [-0.15, -0.1) is 0 Å². The monoisotopic (exact) mass is 140 g/mol. The Balaban J connectivity index is 2.96. The van der Waals surface area contributed by atoms with E-state index in [1.54, 1.807) is 0 Å². The maximum atomic E-state index is 2.16. The molecule has 0 aromatic heterocycles. The van der Waals surface area contributed by atoms with Gasteiger partial charge in [0, 0.05) is 0 Å². The van der Waals surface area contributed by atoms with E-state index in [2.05, 4.69) is 71.8 Å². The molecule has 0 nitrogen and oxygen atoms in total. The van der Waals surface area contributed by atoms with Crippen LogP contribution in [0.25, 0.3) is 10.8 Å². The summed E-state index contributed by atoms with van der Waals surface area (Å²) in [6, 6.07) is 12.9. The van der Waals surface area contributed by atoms with Crippen molar-refractivity contribution in [3.63, 3.8) is 0 Å². The fourth-order valence-electron chi connectivity index (χ4n) is 1.75. The summed E-state index contributed by atoms with van der Waals surface area (Å²) < 4.78 is 2.73. The Bertz CT molecular complexity index is 384. The summed E-state index contributed by atoms with van der Waals surface area (Å²) in [4.78, 5) is 0. The minimum atomic E-state index is 1.34. The van der Waals surface area contributed by atoms with Gasteiger partial charge in [-0.2, -0.15) is 0 Å². The Morgan fingerprint density at radius 3 is 1.67 bits per heavy atom. The first-order valence-corrected chi connectivity index (χ1v) is 4.24.